The fourth-order valence-electron chi connectivity index (χ4n) is 11.3. The summed E-state index contributed by atoms with van der Waals surface area (Å²) < 4.78 is 6.78. The second-order valence-electron chi connectivity index (χ2n) is 22.6. The van der Waals surface area contributed by atoms with Gasteiger partial charge in [0.1, 0.15) is 10.9 Å². The molecule has 4 aliphatic rings. The third-order valence-electron chi connectivity index (χ3n) is 16.5. The topological polar surface area (TPSA) is 279 Å². The number of aliphatic imine (C=N–C) groups is 1. The largest absolute Gasteiger partial charge is 0.399 e. The van der Waals surface area contributed by atoms with Crippen molar-refractivity contribution in [2.75, 3.05) is 104 Å². The van der Waals surface area contributed by atoms with Gasteiger partial charge in [-0.3, -0.25) is 25.6 Å². The van der Waals surface area contributed by atoms with Crippen molar-refractivity contribution in [3.05, 3.63) is 157 Å². The minimum atomic E-state index is -0.435. The first-order valence-corrected chi connectivity index (χ1v) is 32.4. The molecule has 5 aromatic heterocycles. The highest BCUT2D eigenvalue weighted by atomic mass is 32.2. The van der Waals surface area contributed by atoms with Crippen LogP contribution < -0.4 is 22.5 Å². The smallest absolute Gasteiger partial charge is 0.271 e. The Balaban J connectivity index is 0.000000133. The highest BCUT2D eigenvalue weighted by molar-refractivity contribution is 8.14. The Hall–Kier alpha value is -7.78. The number of aromatic nitrogens is 6. The number of amidine groups is 1. The number of hydrogen-bond donors (Lipinski definition) is 5. The lowest BCUT2D eigenvalue weighted by molar-refractivity contribution is -0.384. The zero-order valence-electron chi connectivity index (χ0n) is 50.2. The quantitative estimate of drug-likeness (QED) is 0.0280. The minimum Gasteiger partial charge on any atom is -0.399 e. The molecule has 87 heavy (non-hydrogen) atoms. The first kappa shape index (κ1) is 63.7. The number of thioether (sulfide) groups is 1. The van der Waals surface area contributed by atoms with Crippen molar-refractivity contribution in [2.45, 2.75) is 75.5 Å². The van der Waals surface area contributed by atoms with Crippen molar-refractivity contribution in [1.29, 1.82) is 5.41 Å². The van der Waals surface area contributed by atoms with Gasteiger partial charge in [-0.05, 0) is 210 Å². The van der Waals surface area contributed by atoms with Crippen molar-refractivity contribution in [3.8, 4) is 0 Å². The first-order valence-electron chi connectivity index (χ1n) is 29.4. The number of nitro groups is 2. The third-order valence-corrected chi connectivity index (χ3v) is 19.0. The number of imidazole rings is 3. The average Bonchev–Trinajstić information content (AvgIpc) is 3.19. The molecule has 0 aliphatic carbocycles. The maximum atomic E-state index is 10.8. The molecule has 460 valence electrons. The number of thiophene rings is 2. The zero-order valence-corrected chi connectivity index (χ0v) is 52.6. The Labute approximate surface area is 519 Å². The zero-order chi connectivity index (χ0) is 61.6. The van der Waals surface area contributed by atoms with Gasteiger partial charge in [-0.2, -0.15) is 0 Å². The molecule has 9 aromatic rings. The summed E-state index contributed by atoms with van der Waals surface area (Å²) in [5, 5.41) is 36.7. The summed E-state index contributed by atoms with van der Waals surface area (Å²) in [4.78, 5) is 49.8. The van der Waals surface area contributed by atoms with E-state index in [1.807, 2.05) is 84.5 Å². The highest BCUT2D eigenvalue weighted by Crippen LogP contribution is 2.32. The van der Waals surface area contributed by atoms with Crippen molar-refractivity contribution in [2.24, 2.45) is 10.7 Å². The Morgan fingerprint density at radius 1 is 0.586 bits per heavy atom. The normalized spacial score (nSPS) is 17.1. The summed E-state index contributed by atoms with van der Waals surface area (Å²) in [6.07, 6.45) is 16.7. The number of nitrogen functional groups attached to an aromatic ring is 2. The van der Waals surface area contributed by atoms with Crippen LogP contribution in [0, 0.1) is 25.6 Å². The van der Waals surface area contributed by atoms with Crippen LogP contribution in [0.4, 0.5) is 34.1 Å². The number of nitro benzene ring substituents is 2. The number of non-ortho nitro benzene ring substituents is 2. The molecule has 13 rings (SSSR count). The van der Waals surface area contributed by atoms with Gasteiger partial charge >= 0.3 is 0 Å². The van der Waals surface area contributed by atoms with Crippen LogP contribution in [0.25, 0.3) is 33.1 Å². The molecule has 25 heteroatoms. The molecule has 0 unspecified atom stereocenters. The van der Waals surface area contributed by atoms with E-state index in [9.17, 15) is 20.2 Å². The molecule has 4 saturated heterocycles. The van der Waals surface area contributed by atoms with E-state index in [-0.39, 0.29) is 16.3 Å². The van der Waals surface area contributed by atoms with E-state index in [1.54, 1.807) is 46.9 Å². The van der Waals surface area contributed by atoms with Gasteiger partial charge < -0.3 is 55.8 Å². The number of fused-ring (bicyclic) bond motifs is 3. The number of nitrogens with one attached hydrogen (secondary N) is 2. The van der Waals surface area contributed by atoms with Gasteiger partial charge in [0.25, 0.3) is 11.4 Å². The molecule has 0 saturated carbocycles. The van der Waals surface area contributed by atoms with Crippen LogP contribution >= 0.6 is 34.4 Å². The van der Waals surface area contributed by atoms with E-state index in [0.29, 0.717) is 46.3 Å². The van der Waals surface area contributed by atoms with Gasteiger partial charge in [0.05, 0.1) is 88.7 Å². The SMILES string of the molecule is CN1CCC(Nc2ccc([N+](=O)[O-])cc2N)CC1.CN1CCC(n2cnc3cc(N)ccc32)CC1.CN1CCC(n2cnc3cc(N=C(N)c4cccs4)ccc32)CC1.CN1CCC(n2cnc3cc([N+](=O)[O-])ccc32)CC1.CSC(=N)c1cccs1. The average molecular weight is 1240 g/mol. The number of anilines is 3. The number of likely N-dealkylation sites (tertiary alicyclic amines) is 4. The summed E-state index contributed by atoms with van der Waals surface area (Å²) >= 11 is 4.68. The molecule has 0 atom stereocenters. The second kappa shape index (κ2) is 30.2. The Kier molecular flexibility index (Phi) is 22.1. The summed E-state index contributed by atoms with van der Waals surface area (Å²) in [7, 11) is 8.61. The van der Waals surface area contributed by atoms with Crippen LogP contribution in [0.2, 0.25) is 0 Å². The van der Waals surface area contributed by atoms with Gasteiger partial charge in [0.2, 0.25) is 0 Å². The Morgan fingerprint density at radius 3 is 1.47 bits per heavy atom. The van der Waals surface area contributed by atoms with Gasteiger partial charge in [0, 0.05) is 54.1 Å². The predicted octanol–water partition coefficient (Wildman–Crippen LogP) is 11.6. The lowest BCUT2D eigenvalue weighted by Gasteiger charge is -2.30. The van der Waals surface area contributed by atoms with E-state index < -0.39 is 4.92 Å². The van der Waals surface area contributed by atoms with E-state index in [0.717, 1.165) is 108 Å². The van der Waals surface area contributed by atoms with Crippen LogP contribution in [-0.4, -0.2) is 162 Å². The highest BCUT2D eigenvalue weighted by Gasteiger charge is 2.24. The van der Waals surface area contributed by atoms with Crippen molar-refractivity contribution >= 4 is 113 Å². The monoisotopic (exact) mass is 1240 g/mol. The maximum Gasteiger partial charge on any atom is 0.271 e. The van der Waals surface area contributed by atoms with E-state index >= 15 is 0 Å². The molecule has 0 radical (unpaired) electrons. The van der Waals surface area contributed by atoms with Gasteiger partial charge in [-0.15, -0.1) is 34.4 Å². The molecular weight excluding hydrogens is 1160 g/mol. The van der Waals surface area contributed by atoms with Crippen LogP contribution in [-0.2, 0) is 0 Å². The van der Waals surface area contributed by atoms with Gasteiger partial charge in [-0.25, -0.2) is 19.9 Å². The fourth-order valence-corrected chi connectivity index (χ4v) is 13.1. The maximum absolute atomic E-state index is 10.8. The molecule has 0 bridgehead atoms. The van der Waals surface area contributed by atoms with Crippen LogP contribution in [0.1, 0.15) is 79.2 Å². The predicted molar refractivity (Wildman–Crippen MR) is 359 cm³/mol. The molecule has 9 heterocycles. The van der Waals surface area contributed by atoms with Crippen LogP contribution in [0.3, 0.4) is 0 Å². The van der Waals surface area contributed by atoms with Crippen molar-refractivity contribution in [3.63, 3.8) is 0 Å². The molecule has 4 aliphatic heterocycles. The first-order chi connectivity index (χ1) is 42.0. The fraction of sp³-hybridized carbons (Fsp3) is 0.403. The van der Waals surface area contributed by atoms with E-state index in [1.165, 1.54) is 73.7 Å². The molecule has 8 N–H and O–H groups in total. The third kappa shape index (κ3) is 17.1. The number of nitrogens with two attached hydrogens (primary N) is 3. The van der Waals surface area contributed by atoms with Gasteiger partial charge in [-0.1, -0.05) is 12.1 Å². The number of rotatable bonds is 10. The molecule has 22 nitrogen and oxygen atoms in total. The lowest BCUT2D eigenvalue weighted by Crippen LogP contribution is -2.36. The second-order valence-corrected chi connectivity index (χ2v) is 25.4. The minimum absolute atomic E-state index is 0.0291. The molecule has 0 spiro atoms. The molecule has 4 aromatic carbocycles. The Bertz CT molecular complexity index is 3720. The van der Waals surface area contributed by atoms with Crippen molar-refractivity contribution in [1.82, 2.24) is 48.3 Å². The van der Waals surface area contributed by atoms with Crippen LogP contribution in [0.5, 0.6) is 0 Å². The van der Waals surface area contributed by atoms with E-state index in [2.05, 4.69) is 98.9 Å². The number of benzene rings is 4. The number of nitrogens with zero attached hydrogens (tertiary/aromatic N) is 13. The number of piperidine rings is 4. The summed E-state index contributed by atoms with van der Waals surface area (Å²) in [5.41, 5.74) is 26.7. The lowest BCUT2D eigenvalue weighted by atomic mass is 10.0. The standard InChI is InChI=1S/C18H21N5S.C13H16N4O2.C13H18N4.C12H18N4O2.C6H7NS2/c1-22-8-6-14(7-9-22)23-12-20-15-11-13(4-5-16(15)23)21-18(19)17-3-2-10-24-17;1-15-6-4-10(5-7-15)16-9-14-12-8-11(17(18)19)2-3-13(12)16;1-16-6-4-11(5-7-16)17-9-15-12-8-10(14)2-3-13(12)17;1-15-6-4-9(5-7-15)14-12-3-2-10(16(17)18)8-11(12)13;1-8-6(7)5-3-2-4-9-5/h2-5,10-12,14H,6-9H2,1H3,(H2,19,21);2-3,8-10H,4-7H2,1H3;2-3,8-9,11H,4-7,14H2,1H3;2-3,8-9,14H,4-7,13H2,1H3;2-4,7H,1H3. The molecular formula is C62H80N18O4S3. The molecule has 4 fully saturated rings. The van der Waals surface area contributed by atoms with E-state index in [4.69, 9.17) is 22.6 Å². The van der Waals surface area contributed by atoms with Gasteiger partial charge in [0.15, 0.2) is 0 Å². The summed E-state index contributed by atoms with van der Waals surface area (Å²) in [6.45, 7) is 8.90. The summed E-state index contributed by atoms with van der Waals surface area (Å²) in [5.74, 6) is 0.555. The van der Waals surface area contributed by atoms with Crippen molar-refractivity contribution < 1.29 is 9.85 Å². The molecule has 0 amide bonds. The summed E-state index contributed by atoms with van der Waals surface area (Å²) in [6, 6.07) is 31.4. The Morgan fingerprint density at radius 2 is 1.01 bits per heavy atom. The number of hydrogen-bond acceptors (Lipinski definition) is 19. The van der Waals surface area contributed by atoms with Crippen LogP contribution in [0.15, 0.2) is 132 Å².